The summed E-state index contributed by atoms with van der Waals surface area (Å²) in [5.41, 5.74) is 2.63. The van der Waals surface area contributed by atoms with Gasteiger partial charge >= 0.3 is 0 Å². The molecule has 23 heavy (non-hydrogen) atoms. The Morgan fingerprint density at radius 3 is 2.70 bits per heavy atom. The Hall–Kier alpha value is -1.88. The third-order valence-electron chi connectivity index (χ3n) is 5.44. The van der Waals surface area contributed by atoms with Crippen molar-refractivity contribution in [3.8, 4) is 0 Å². The molecule has 0 spiro atoms. The molecule has 1 aromatic carbocycles. The molecule has 5 nitrogen and oxygen atoms in total. The van der Waals surface area contributed by atoms with Crippen LogP contribution in [0.1, 0.15) is 42.5 Å². The first-order valence-corrected chi connectivity index (χ1v) is 8.67. The SMILES string of the molecule is Cn1cnc2cc(C(=O)NC3CCN(C4CCC4)CC3)ccc21. The topological polar surface area (TPSA) is 50.2 Å². The van der Waals surface area contributed by atoms with Crippen molar-refractivity contribution < 1.29 is 4.79 Å². The van der Waals surface area contributed by atoms with Crippen molar-refractivity contribution in [2.45, 2.75) is 44.2 Å². The molecular formula is C18H24N4O. The van der Waals surface area contributed by atoms with E-state index in [0.29, 0.717) is 11.6 Å². The minimum absolute atomic E-state index is 0.0275. The zero-order chi connectivity index (χ0) is 15.8. The van der Waals surface area contributed by atoms with Crippen LogP contribution in [-0.4, -0.2) is 45.5 Å². The molecule has 4 rings (SSSR count). The number of rotatable bonds is 3. The van der Waals surface area contributed by atoms with Crippen LogP contribution in [0.5, 0.6) is 0 Å². The molecule has 122 valence electrons. The van der Waals surface area contributed by atoms with Crippen molar-refractivity contribution in [1.82, 2.24) is 19.8 Å². The molecule has 0 unspecified atom stereocenters. The number of likely N-dealkylation sites (tertiary alicyclic amines) is 1. The van der Waals surface area contributed by atoms with Crippen LogP contribution < -0.4 is 5.32 Å². The molecule has 1 saturated heterocycles. The molecule has 2 fully saturated rings. The maximum absolute atomic E-state index is 12.5. The molecule has 2 aromatic rings. The molecule has 0 bridgehead atoms. The van der Waals surface area contributed by atoms with Crippen molar-refractivity contribution >= 4 is 16.9 Å². The summed E-state index contributed by atoms with van der Waals surface area (Å²) in [5.74, 6) is 0.0275. The Labute approximate surface area is 136 Å². The van der Waals surface area contributed by atoms with Crippen LogP contribution >= 0.6 is 0 Å². The van der Waals surface area contributed by atoms with E-state index >= 15 is 0 Å². The van der Waals surface area contributed by atoms with Gasteiger partial charge in [0.25, 0.3) is 5.91 Å². The number of piperidine rings is 1. The van der Waals surface area contributed by atoms with Crippen LogP contribution in [0.15, 0.2) is 24.5 Å². The van der Waals surface area contributed by atoms with E-state index in [1.54, 1.807) is 6.33 Å². The van der Waals surface area contributed by atoms with E-state index in [-0.39, 0.29) is 5.91 Å². The van der Waals surface area contributed by atoms with E-state index < -0.39 is 0 Å². The van der Waals surface area contributed by atoms with Gasteiger partial charge in [-0.15, -0.1) is 0 Å². The monoisotopic (exact) mass is 312 g/mol. The molecule has 0 atom stereocenters. The Morgan fingerprint density at radius 2 is 2.00 bits per heavy atom. The number of aryl methyl sites for hydroxylation is 1. The lowest BCUT2D eigenvalue weighted by Gasteiger charge is -2.41. The smallest absolute Gasteiger partial charge is 0.251 e. The van der Waals surface area contributed by atoms with Crippen molar-refractivity contribution in [3.05, 3.63) is 30.1 Å². The molecule has 2 heterocycles. The van der Waals surface area contributed by atoms with Gasteiger partial charge in [0.05, 0.1) is 17.4 Å². The third kappa shape index (κ3) is 2.85. The quantitative estimate of drug-likeness (QED) is 0.946. The van der Waals surface area contributed by atoms with E-state index in [0.717, 1.165) is 43.0 Å². The lowest BCUT2D eigenvalue weighted by molar-refractivity contribution is 0.0800. The van der Waals surface area contributed by atoms with E-state index in [2.05, 4.69) is 15.2 Å². The number of nitrogens with one attached hydrogen (secondary N) is 1. The van der Waals surface area contributed by atoms with Gasteiger partial charge in [-0.1, -0.05) is 6.42 Å². The van der Waals surface area contributed by atoms with Crippen molar-refractivity contribution in [1.29, 1.82) is 0 Å². The second-order valence-electron chi connectivity index (χ2n) is 6.93. The lowest BCUT2D eigenvalue weighted by Crippen LogP contribution is -2.49. The average Bonchev–Trinajstić information content (AvgIpc) is 2.88. The Bertz CT molecular complexity index is 711. The van der Waals surface area contributed by atoms with Crippen LogP contribution in [0.2, 0.25) is 0 Å². The van der Waals surface area contributed by atoms with Gasteiger partial charge in [-0.05, 0) is 43.9 Å². The summed E-state index contributed by atoms with van der Waals surface area (Å²) in [6.45, 7) is 2.24. The highest BCUT2D eigenvalue weighted by molar-refractivity contribution is 5.97. The highest BCUT2D eigenvalue weighted by Crippen LogP contribution is 2.27. The summed E-state index contributed by atoms with van der Waals surface area (Å²) in [6, 6.07) is 6.87. The third-order valence-corrected chi connectivity index (χ3v) is 5.44. The highest BCUT2D eigenvalue weighted by atomic mass is 16.1. The van der Waals surface area contributed by atoms with Gasteiger partial charge in [0.2, 0.25) is 0 Å². The van der Waals surface area contributed by atoms with Crippen LogP contribution in [0.3, 0.4) is 0 Å². The number of carbonyl (C=O) groups excluding carboxylic acids is 1. The maximum Gasteiger partial charge on any atom is 0.251 e. The van der Waals surface area contributed by atoms with Crippen LogP contribution in [0, 0.1) is 0 Å². The molecule has 1 amide bonds. The van der Waals surface area contributed by atoms with Crippen molar-refractivity contribution in [2.75, 3.05) is 13.1 Å². The zero-order valence-electron chi connectivity index (χ0n) is 13.7. The predicted octanol–water partition coefficient (Wildman–Crippen LogP) is 2.32. The Kier molecular flexibility index (Phi) is 3.81. The van der Waals surface area contributed by atoms with Gasteiger partial charge < -0.3 is 14.8 Å². The summed E-state index contributed by atoms with van der Waals surface area (Å²) in [4.78, 5) is 19.4. The summed E-state index contributed by atoms with van der Waals surface area (Å²) in [5, 5.41) is 3.20. The summed E-state index contributed by atoms with van der Waals surface area (Å²) in [6.07, 6.45) is 8.02. The number of nitrogens with zero attached hydrogens (tertiary/aromatic N) is 3. The van der Waals surface area contributed by atoms with Crippen molar-refractivity contribution in [2.24, 2.45) is 7.05 Å². The maximum atomic E-state index is 12.5. The Morgan fingerprint density at radius 1 is 1.22 bits per heavy atom. The first kappa shape index (κ1) is 14.7. The molecule has 1 aliphatic carbocycles. The van der Waals surface area contributed by atoms with E-state index in [4.69, 9.17) is 0 Å². The fourth-order valence-electron chi connectivity index (χ4n) is 3.71. The number of aromatic nitrogens is 2. The minimum Gasteiger partial charge on any atom is -0.349 e. The van der Waals surface area contributed by atoms with E-state index in [9.17, 15) is 4.79 Å². The van der Waals surface area contributed by atoms with Gasteiger partial charge in [-0.25, -0.2) is 4.98 Å². The molecule has 1 saturated carbocycles. The summed E-state index contributed by atoms with van der Waals surface area (Å²) < 4.78 is 1.97. The van der Waals surface area contributed by atoms with Crippen LogP contribution in [-0.2, 0) is 7.05 Å². The number of hydrogen-bond acceptors (Lipinski definition) is 3. The van der Waals surface area contributed by atoms with Crippen LogP contribution in [0.25, 0.3) is 11.0 Å². The summed E-state index contributed by atoms with van der Waals surface area (Å²) in [7, 11) is 1.96. The number of fused-ring (bicyclic) bond motifs is 1. The Balaban J connectivity index is 1.37. The molecule has 1 aliphatic heterocycles. The molecule has 0 radical (unpaired) electrons. The van der Waals surface area contributed by atoms with Gasteiger partial charge in [0.1, 0.15) is 0 Å². The standard InChI is InChI=1S/C18H24N4O/c1-21-12-19-16-11-13(5-6-17(16)21)18(23)20-14-7-9-22(10-8-14)15-3-2-4-15/h5-6,11-12,14-15H,2-4,7-10H2,1H3,(H,20,23). The minimum atomic E-state index is 0.0275. The first-order chi connectivity index (χ1) is 11.2. The van der Waals surface area contributed by atoms with E-state index in [1.165, 1.54) is 19.3 Å². The highest BCUT2D eigenvalue weighted by Gasteiger charge is 2.29. The molecular weight excluding hydrogens is 288 g/mol. The number of hydrogen-bond donors (Lipinski definition) is 1. The largest absolute Gasteiger partial charge is 0.349 e. The van der Waals surface area contributed by atoms with Gasteiger partial charge in [-0.2, -0.15) is 0 Å². The van der Waals surface area contributed by atoms with Gasteiger partial charge in [0, 0.05) is 37.8 Å². The second-order valence-corrected chi connectivity index (χ2v) is 6.93. The molecule has 1 aromatic heterocycles. The van der Waals surface area contributed by atoms with E-state index in [1.807, 2.05) is 29.8 Å². The summed E-state index contributed by atoms with van der Waals surface area (Å²) >= 11 is 0. The fraction of sp³-hybridized carbons (Fsp3) is 0.556. The zero-order valence-corrected chi connectivity index (χ0v) is 13.7. The average molecular weight is 312 g/mol. The van der Waals surface area contributed by atoms with Gasteiger partial charge in [-0.3, -0.25) is 4.79 Å². The molecule has 2 aliphatic rings. The number of imidazole rings is 1. The van der Waals surface area contributed by atoms with Crippen LogP contribution in [0.4, 0.5) is 0 Å². The fourth-order valence-corrected chi connectivity index (χ4v) is 3.71. The number of carbonyl (C=O) groups is 1. The van der Waals surface area contributed by atoms with Gasteiger partial charge in [0.15, 0.2) is 0 Å². The van der Waals surface area contributed by atoms with Crippen molar-refractivity contribution in [3.63, 3.8) is 0 Å². The second kappa shape index (κ2) is 5.96. The molecule has 1 N–H and O–H groups in total. The normalized spacial score (nSPS) is 20.6. The number of amides is 1. The predicted molar refractivity (Wildman–Crippen MR) is 90.4 cm³/mol. The first-order valence-electron chi connectivity index (χ1n) is 8.67. The number of benzene rings is 1. The lowest BCUT2D eigenvalue weighted by atomic mass is 9.89. The molecule has 5 heteroatoms.